The van der Waals surface area contributed by atoms with Crippen LogP contribution in [0.3, 0.4) is 0 Å². The van der Waals surface area contributed by atoms with E-state index in [4.69, 9.17) is 23.7 Å². The van der Waals surface area contributed by atoms with Crippen LogP contribution < -0.4 is 10.2 Å². The molecule has 1 amide bonds. The fourth-order valence-corrected chi connectivity index (χ4v) is 2.73. The molecule has 0 fully saturated rings. The van der Waals surface area contributed by atoms with Gasteiger partial charge in [-0.05, 0) is 25.7 Å². The lowest BCUT2D eigenvalue weighted by Crippen LogP contribution is -2.28. The summed E-state index contributed by atoms with van der Waals surface area (Å²) >= 11 is 0. The van der Waals surface area contributed by atoms with Crippen molar-refractivity contribution in [2.45, 2.75) is 38.2 Å². The first-order chi connectivity index (χ1) is 14.9. The van der Waals surface area contributed by atoms with Crippen molar-refractivity contribution in [1.29, 1.82) is 0 Å². The maximum atomic E-state index is 11.8. The second kappa shape index (κ2) is 21.2. The van der Waals surface area contributed by atoms with Crippen LogP contribution in [0.15, 0.2) is 0 Å². The molecule has 0 saturated carbocycles. The van der Waals surface area contributed by atoms with Crippen LogP contribution >= 0.6 is 7.82 Å². The van der Waals surface area contributed by atoms with E-state index >= 15 is 0 Å². The Balaban J connectivity index is 3.68. The molecule has 0 aromatic heterocycles. The molecule has 0 aliphatic rings. The van der Waals surface area contributed by atoms with E-state index in [-0.39, 0.29) is 18.6 Å². The van der Waals surface area contributed by atoms with Crippen molar-refractivity contribution < 1.29 is 47.0 Å². The molecule has 0 aromatic rings. The SMILES string of the molecule is COCCOCC(COCCCCC(=O)NCCCCOP(=O)([O-])OC)OCCOC. The first-order valence-corrected chi connectivity index (χ1v) is 11.9. The van der Waals surface area contributed by atoms with Gasteiger partial charge in [0.1, 0.15) is 6.10 Å². The zero-order valence-electron chi connectivity index (χ0n) is 19.0. The quantitative estimate of drug-likeness (QED) is 0.169. The summed E-state index contributed by atoms with van der Waals surface area (Å²) in [5, 5.41) is 2.79. The first-order valence-electron chi connectivity index (χ1n) is 10.5. The minimum absolute atomic E-state index is 0.0371. The van der Waals surface area contributed by atoms with Gasteiger partial charge in [-0.2, -0.15) is 0 Å². The number of ether oxygens (including phenoxy) is 5. The van der Waals surface area contributed by atoms with Gasteiger partial charge in [0.05, 0.1) is 46.2 Å². The number of carbonyl (C=O) groups is 1. The van der Waals surface area contributed by atoms with E-state index in [2.05, 4.69) is 14.4 Å². The largest absolute Gasteiger partial charge is 0.756 e. The molecule has 186 valence electrons. The molecule has 2 atom stereocenters. The molecule has 0 aliphatic heterocycles. The summed E-state index contributed by atoms with van der Waals surface area (Å²) in [5.41, 5.74) is 0. The Hall–Kier alpha value is -0.620. The van der Waals surface area contributed by atoms with Gasteiger partial charge in [-0.25, -0.2) is 0 Å². The second-order valence-corrected chi connectivity index (χ2v) is 8.12. The Kier molecular flexibility index (Phi) is 20.8. The van der Waals surface area contributed by atoms with Gasteiger partial charge in [0.25, 0.3) is 7.82 Å². The highest BCUT2D eigenvalue weighted by Gasteiger charge is 2.10. The van der Waals surface area contributed by atoms with Crippen LogP contribution in [-0.2, 0) is 42.1 Å². The van der Waals surface area contributed by atoms with Crippen LogP contribution in [-0.4, -0.2) is 92.7 Å². The topological polar surface area (TPSA) is 134 Å². The molecule has 12 heteroatoms. The van der Waals surface area contributed by atoms with Crippen molar-refractivity contribution in [3.05, 3.63) is 0 Å². The third kappa shape index (κ3) is 21.0. The number of hydrogen-bond donors (Lipinski definition) is 1. The lowest BCUT2D eigenvalue weighted by Gasteiger charge is -2.19. The Bertz CT molecular complexity index is 469. The number of rotatable bonds is 23. The van der Waals surface area contributed by atoms with Crippen molar-refractivity contribution in [3.8, 4) is 0 Å². The van der Waals surface area contributed by atoms with Crippen molar-refractivity contribution in [2.24, 2.45) is 0 Å². The average molecular weight is 472 g/mol. The van der Waals surface area contributed by atoms with Crippen LogP contribution in [0.25, 0.3) is 0 Å². The molecule has 0 bridgehead atoms. The molecule has 0 aliphatic carbocycles. The van der Waals surface area contributed by atoms with Gasteiger partial charge in [-0.3, -0.25) is 9.36 Å². The molecule has 0 rings (SSSR count). The van der Waals surface area contributed by atoms with Gasteiger partial charge < -0.3 is 42.9 Å². The van der Waals surface area contributed by atoms with Crippen LogP contribution in [0.4, 0.5) is 0 Å². The van der Waals surface area contributed by atoms with E-state index in [0.717, 1.165) is 13.5 Å². The summed E-state index contributed by atoms with van der Waals surface area (Å²) in [4.78, 5) is 22.8. The predicted molar refractivity (Wildman–Crippen MR) is 112 cm³/mol. The first kappa shape index (κ1) is 30.4. The number of unbranched alkanes of at least 4 members (excludes halogenated alkanes) is 2. The number of phosphoric acid groups is 1. The zero-order chi connectivity index (χ0) is 23.2. The van der Waals surface area contributed by atoms with Gasteiger partial charge in [-0.15, -0.1) is 0 Å². The van der Waals surface area contributed by atoms with Gasteiger partial charge in [0.2, 0.25) is 5.91 Å². The second-order valence-electron chi connectivity index (χ2n) is 6.61. The monoisotopic (exact) mass is 472 g/mol. The maximum Gasteiger partial charge on any atom is 0.267 e. The van der Waals surface area contributed by atoms with Crippen molar-refractivity contribution in [2.75, 3.05) is 80.7 Å². The molecular weight excluding hydrogens is 433 g/mol. The van der Waals surface area contributed by atoms with E-state index < -0.39 is 7.82 Å². The predicted octanol–water partition coefficient (Wildman–Crippen LogP) is 0.896. The Morgan fingerprint density at radius 2 is 1.52 bits per heavy atom. The third-order valence-electron chi connectivity index (χ3n) is 3.99. The highest BCUT2D eigenvalue weighted by atomic mass is 31.2. The number of amides is 1. The van der Waals surface area contributed by atoms with E-state index in [9.17, 15) is 14.3 Å². The summed E-state index contributed by atoms with van der Waals surface area (Å²) in [7, 11) is 0.120. The fraction of sp³-hybridized carbons (Fsp3) is 0.947. The summed E-state index contributed by atoms with van der Waals surface area (Å²) in [6.45, 7) is 3.85. The molecule has 0 spiro atoms. The van der Waals surface area contributed by atoms with E-state index in [1.165, 1.54) is 0 Å². The van der Waals surface area contributed by atoms with Crippen molar-refractivity contribution in [1.82, 2.24) is 5.32 Å². The highest BCUT2D eigenvalue weighted by molar-refractivity contribution is 7.45. The molecule has 0 radical (unpaired) electrons. The summed E-state index contributed by atoms with van der Waals surface area (Å²) < 4.78 is 46.5. The van der Waals surface area contributed by atoms with Crippen LogP contribution in [0, 0.1) is 0 Å². The number of phosphoric ester groups is 1. The molecular formula is C19H39NO10P-. The van der Waals surface area contributed by atoms with Crippen LogP contribution in [0.1, 0.15) is 32.1 Å². The molecule has 1 N–H and O–H groups in total. The van der Waals surface area contributed by atoms with E-state index in [1.54, 1.807) is 14.2 Å². The number of carbonyl (C=O) groups excluding carboxylic acids is 1. The molecule has 11 nitrogen and oxygen atoms in total. The third-order valence-corrected chi connectivity index (χ3v) is 4.94. The molecule has 0 aromatic carbocycles. The van der Waals surface area contributed by atoms with Crippen molar-refractivity contribution in [3.63, 3.8) is 0 Å². The fourth-order valence-electron chi connectivity index (χ4n) is 2.28. The van der Waals surface area contributed by atoms with Gasteiger partial charge in [0, 0.05) is 40.9 Å². The lowest BCUT2D eigenvalue weighted by molar-refractivity contribution is -0.223. The average Bonchev–Trinajstić information content (AvgIpc) is 2.75. The Morgan fingerprint density at radius 1 is 0.871 bits per heavy atom. The van der Waals surface area contributed by atoms with Gasteiger partial charge >= 0.3 is 0 Å². The normalized spacial score (nSPS) is 14.3. The van der Waals surface area contributed by atoms with Gasteiger partial charge in [-0.1, -0.05) is 0 Å². The smallest absolute Gasteiger partial charge is 0.267 e. The van der Waals surface area contributed by atoms with E-state index in [1.807, 2.05) is 0 Å². The summed E-state index contributed by atoms with van der Waals surface area (Å²) in [5.74, 6) is -0.0420. The van der Waals surface area contributed by atoms with Crippen LogP contribution in [0.2, 0.25) is 0 Å². The lowest BCUT2D eigenvalue weighted by atomic mass is 10.2. The standard InChI is InChI=1S/C19H40NO10P/c1-24-12-14-28-17-18(29-15-13-25-2)16-27-10-6-4-8-19(21)20-9-5-7-11-30-31(22,23)26-3/h18H,4-17H2,1-3H3,(H,20,21)(H,22,23)/p-1. The maximum absolute atomic E-state index is 11.8. The molecule has 2 unspecified atom stereocenters. The van der Waals surface area contributed by atoms with E-state index in [0.29, 0.717) is 78.5 Å². The molecule has 31 heavy (non-hydrogen) atoms. The minimum atomic E-state index is -4.16. The zero-order valence-corrected chi connectivity index (χ0v) is 19.9. The van der Waals surface area contributed by atoms with Crippen molar-refractivity contribution >= 4 is 13.7 Å². The molecule has 0 saturated heterocycles. The Morgan fingerprint density at radius 3 is 2.19 bits per heavy atom. The highest BCUT2D eigenvalue weighted by Crippen LogP contribution is 2.36. The Labute approximate surface area is 185 Å². The summed E-state index contributed by atoms with van der Waals surface area (Å²) in [6.07, 6.45) is 2.82. The van der Waals surface area contributed by atoms with Gasteiger partial charge in [0.15, 0.2) is 0 Å². The molecule has 0 heterocycles. The summed E-state index contributed by atoms with van der Waals surface area (Å²) in [6, 6.07) is 0. The van der Waals surface area contributed by atoms with Crippen LogP contribution in [0.5, 0.6) is 0 Å². The minimum Gasteiger partial charge on any atom is -0.756 e. The number of hydrogen-bond acceptors (Lipinski definition) is 10. The number of nitrogens with one attached hydrogen (secondary N) is 1. The number of methoxy groups -OCH3 is 2.